The number of hydrogen-bond donors (Lipinski definition) is 1. The van der Waals surface area contributed by atoms with E-state index in [1.54, 1.807) is 19.9 Å². The molecule has 0 aliphatic heterocycles. The highest BCUT2D eigenvalue weighted by molar-refractivity contribution is 6.34. The highest BCUT2D eigenvalue weighted by Crippen LogP contribution is 2.36. The lowest BCUT2D eigenvalue weighted by molar-refractivity contribution is -0.490. The molecule has 0 saturated heterocycles. The Morgan fingerprint density at radius 3 is 2.64 bits per heavy atom. The maximum absolute atomic E-state index is 12.1. The summed E-state index contributed by atoms with van der Waals surface area (Å²) in [6.45, 7) is 4.54. The lowest BCUT2D eigenvalue weighted by Gasteiger charge is -2.17. The molecule has 1 aliphatic rings. The van der Waals surface area contributed by atoms with Gasteiger partial charge in [0.05, 0.1) is 17.1 Å². The number of anilines is 1. The first kappa shape index (κ1) is 21.8. The summed E-state index contributed by atoms with van der Waals surface area (Å²) in [5, 5.41) is 13.8. The van der Waals surface area contributed by atoms with Crippen LogP contribution in [0.4, 0.5) is 5.69 Å². The number of Topliss-reactive ketones (excluding diaryl/α,β-unsaturated/α-hetero) is 1. The minimum atomic E-state index is -0.746. The van der Waals surface area contributed by atoms with Crippen molar-refractivity contribution < 1.29 is 24.0 Å². The summed E-state index contributed by atoms with van der Waals surface area (Å²) < 4.78 is 4.96. The number of carbonyl (C=O) groups excluding carboxylic acids is 3. The van der Waals surface area contributed by atoms with Gasteiger partial charge >= 0.3 is 5.97 Å². The minimum Gasteiger partial charge on any atom is -0.456 e. The van der Waals surface area contributed by atoms with Gasteiger partial charge in [-0.15, -0.1) is 0 Å². The molecule has 8 nitrogen and oxygen atoms in total. The smallest absolute Gasteiger partial charge is 0.307 e. The molecule has 28 heavy (non-hydrogen) atoms. The van der Waals surface area contributed by atoms with E-state index in [9.17, 15) is 24.5 Å². The fraction of sp³-hybridized carbons (Fsp3) is 0.526. The zero-order chi connectivity index (χ0) is 21.0. The van der Waals surface area contributed by atoms with Crippen molar-refractivity contribution >= 4 is 34.9 Å². The third kappa shape index (κ3) is 5.51. The SMILES string of the molecule is Cc1cc(C)c(NC(=O)COC(=O)C[C@@H]2C(=O)C[C@@H](C)[C@@H]2C[N+](=O)[O-])c(Cl)c1. The number of halogens is 1. The number of nitrogens with zero attached hydrogens (tertiary/aromatic N) is 1. The normalized spacial score (nSPS) is 21.4. The van der Waals surface area contributed by atoms with Gasteiger partial charge in [-0.1, -0.05) is 24.6 Å². The third-order valence-electron chi connectivity index (χ3n) is 4.99. The number of ether oxygens (including phenoxy) is 1. The summed E-state index contributed by atoms with van der Waals surface area (Å²) in [4.78, 5) is 46.5. The van der Waals surface area contributed by atoms with E-state index in [0.29, 0.717) is 10.7 Å². The standard InChI is InChI=1S/C19H23ClN2O6/c1-10-4-12(3)19(15(20)5-10)21-17(24)9-28-18(25)7-13-14(8-22(26)27)11(2)6-16(13)23/h4-5,11,13-14H,6-9H2,1-3H3,(H,21,24)/t11-,13+,14+/m1/s1. The molecular weight excluding hydrogens is 388 g/mol. The van der Waals surface area contributed by atoms with E-state index < -0.39 is 35.2 Å². The van der Waals surface area contributed by atoms with Crippen LogP contribution in [-0.4, -0.2) is 35.7 Å². The van der Waals surface area contributed by atoms with Crippen molar-refractivity contribution in [2.45, 2.75) is 33.6 Å². The van der Waals surface area contributed by atoms with E-state index in [0.717, 1.165) is 11.1 Å². The van der Waals surface area contributed by atoms with E-state index in [1.807, 2.05) is 13.0 Å². The summed E-state index contributed by atoms with van der Waals surface area (Å²) in [5.41, 5.74) is 2.17. The molecule has 1 amide bonds. The molecule has 1 saturated carbocycles. The summed E-state index contributed by atoms with van der Waals surface area (Å²) >= 11 is 6.13. The number of amides is 1. The number of hydrogen-bond acceptors (Lipinski definition) is 6. The van der Waals surface area contributed by atoms with Gasteiger partial charge in [-0.05, 0) is 37.0 Å². The molecule has 0 radical (unpaired) electrons. The maximum atomic E-state index is 12.1. The predicted octanol–water partition coefficient (Wildman–Crippen LogP) is 2.95. The quantitative estimate of drug-likeness (QED) is 0.419. The largest absolute Gasteiger partial charge is 0.456 e. The lowest BCUT2D eigenvalue weighted by Crippen LogP contribution is -2.28. The van der Waals surface area contributed by atoms with Crippen LogP contribution in [0.25, 0.3) is 0 Å². The van der Waals surface area contributed by atoms with Gasteiger partial charge in [0.15, 0.2) is 6.61 Å². The Labute approximate surface area is 167 Å². The third-order valence-corrected chi connectivity index (χ3v) is 5.29. The first-order valence-electron chi connectivity index (χ1n) is 8.95. The first-order chi connectivity index (χ1) is 13.1. The Hall–Kier alpha value is -2.48. The molecule has 1 aliphatic carbocycles. The molecule has 1 aromatic rings. The van der Waals surface area contributed by atoms with E-state index in [-0.39, 0.29) is 31.1 Å². The van der Waals surface area contributed by atoms with Crippen molar-refractivity contribution in [1.82, 2.24) is 0 Å². The molecule has 152 valence electrons. The molecule has 0 heterocycles. The molecule has 0 aromatic heterocycles. The van der Waals surface area contributed by atoms with Gasteiger partial charge in [-0.25, -0.2) is 0 Å². The summed E-state index contributed by atoms with van der Waals surface area (Å²) in [7, 11) is 0. The number of benzene rings is 1. The van der Waals surface area contributed by atoms with Gasteiger partial charge in [0.2, 0.25) is 6.54 Å². The zero-order valence-electron chi connectivity index (χ0n) is 16.0. The second-order valence-corrected chi connectivity index (χ2v) is 7.69. The van der Waals surface area contributed by atoms with E-state index in [1.165, 1.54) is 0 Å². The van der Waals surface area contributed by atoms with Crippen molar-refractivity contribution in [1.29, 1.82) is 0 Å². The van der Waals surface area contributed by atoms with Crippen LogP contribution in [0.15, 0.2) is 12.1 Å². The summed E-state index contributed by atoms with van der Waals surface area (Å²) in [5.74, 6) is -2.88. The van der Waals surface area contributed by atoms with Gasteiger partial charge in [0.25, 0.3) is 5.91 Å². The van der Waals surface area contributed by atoms with E-state index in [2.05, 4.69) is 5.32 Å². The predicted molar refractivity (Wildman–Crippen MR) is 103 cm³/mol. The number of rotatable bonds is 7. The first-order valence-corrected chi connectivity index (χ1v) is 9.33. The second kappa shape index (κ2) is 9.14. The molecule has 2 rings (SSSR count). The Morgan fingerprint density at radius 2 is 2.04 bits per heavy atom. The van der Waals surface area contributed by atoms with Crippen molar-refractivity contribution in [2.75, 3.05) is 18.5 Å². The molecule has 3 atom stereocenters. The monoisotopic (exact) mass is 410 g/mol. The number of aryl methyl sites for hydroxylation is 2. The van der Waals surface area contributed by atoms with Crippen LogP contribution in [0.3, 0.4) is 0 Å². The number of carbonyl (C=O) groups is 3. The van der Waals surface area contributed by atoms with Crippen molar-refractivity contribution in [3.05, 3.63) is 38.4 Å². The average Bonchev–Trinajstić information content (AvgIpc) is 2.82. The van der Waals surface area contributed by atoms with Crippen LogP contribution in [0.1, 0.15) is 30.9 Å². The minimum absolute atomic E-state index is 0.161. The highest BCUT2D eigenvalue weighted by Gasteiger charge is 2.44. The Bertz CT molecular complexity index is 787. The molecule has 0 spiro atoms. The molecule has 9 heteroatoms. The summed E-state index contributed by atoms with van der Waals surface area (Å²) in [6.07, 6.45) is -0.0542. The molecule has 1 fully saturated rings. The van der Waals surface area contributed by atoms with E-state index >= 15 is 0 Å². The topological polar surface area (TPSA) is 116 Å². The molecule has 1 aromatic carbocycles. The van der Waals surface area contributed by atoms with Crippen LogP contribution >= 0.6 is 11.6 Å². The fourth-order valence-electron chi connectivity index (χ4n) is 3.63. The Kier molecular flexibility index (Phi) is 7.12. The summed E-state index contributed by atoms with van der Waals surface area (Å²) in [6, 6.07) is 3.56. The van der Waals surface area contributed by atoms with Gasteiger partial charge < -0.3 is 10.1 Å². The van der Waals surface area contributed by atoms with Crippen molar-refractivity contribution in [2.24, 2.45) is 17.8 Å². The highest BCUT2D eigenvalue weighted by atomic mass is 35.5. The number of nitrogens with one attached hydrogen (secondary N) is 1. The van der Waals surface area contributed by atoms with Crippen LogP contribution < -0.4 is 5.32 Å². The Morgan fingerprint density at radius 1 is 1.36 bits per heavy atom. The molecule has 1 N–H and O–H groups in total. The van der Waals surface area contributed by atoms with Crippen molar-refractivity contribution in [3.8, 4) is 0 Å². The van der Waals surface area contributed by atoms with E-state index in [4.69, 9.17) is 16.3 Å². The number of esters is 1. The van der Waals surface area contributed by atoms with Crippen LogP contribution in [-0.2, 0) is 19.1 Å². The van der Waals surface area contributed by atoms with Gasteiger partial charge in [0.1, 0.15) is 5.78 Å². The van der Waals surface area contributed by atoms with Crippen LogP contribution in [0.5, 0.6) is 0 Å². The van der Waals surface area contributed by atoms with Gasteiger partial charge in [0, 0.05) is 23.2 Å². The number of nitro groups is 1. The zero-order valence-corrected chi connectivity index (χ0v) is 16.7. The van der Waals surface area contributed by atoms with Crippen molar-refractivity contribution in [3.63, 3.8) is 0 Å². The maximum Gasteiger partial charge on any atom is 0.307 e. The van der Waals surface area contributed by atoms with Crippen LogP contribution in [0.2, 0.25) is 5.02 Å². The molecule has 0 bridgehead atoms. The second-order valence-electron chi connectivity index (χ2n) is 7.29. The lowest BCUT2D eigenvalue weighted by atomic mass is 9.88. The fourth-order valence-corrected chi connectivity index (χ4v) is 4.00. The molecular formula is C19H23ClN2O6. The number of ketones is 1. The molecule has 0 unspecified atom stereocenters. The average molecular weight is 411 g/mol. The van der Waals surface area contributed by atoms with Gasteiger partial charge in [-0.2, -0.15) is 0 Å². The Balaban J connectivity index is 1.90. The van der Waals surface area contributed by atoms with Gasteiger partial charge in [-0.3, -0.25) is 24.5 Å². The van der Waals surface area contributed by atoms with Crippen LogP contribution in [0, 0.1) is 41.7 Å².